The van der Waals surface area contributed by atoms with Crippen molar-refractivity contribution < 1.29 is 19.5 Å². The zero-order chi connectivity index (χ0) is 14.7. The molecule has 3 N–H and O–H groups in total. The third kappa shape index (κ3) is 2.85. The van der Waals surface area contributed by atoms with Crippen LogP contribution in [0, 0.1) is 6.92 Å². The molecule has 2 rings (SSSR count). The highest BCUT2D eigenvalue weighted by molar-refractivity contribution is 5.96. The van der Waals surface area contributed by atoms with Crippen molar-refractivity contribution in [2.24, 2.45) is 0 Å². The number of nitrogens with zero attached hydrogens (tertiary/aromatic N) is 2. The molecule has 3 amide bonds. The molecule has 0 bridgehead atoms. The third-order valence-electron chi connectivity index (χ3n) is 2.98. The van der Waals surface area contributed by atoms with Crippen LogP contribution in [0.2, 0.25) is 0 Å². The Kier molecular flexibility index (Phi) is 3.83. The number of piperazine rings is 1. The van der Waals surface area contributed by atoms with Gasteiger partial charge in [-0.15, -0.1) is 0 Å². The Morgan fingerprint density at radius 3 is 2.95 bits per heavy atom. The third-order valence-corrected chi connectivity index (χ3v) is 2.98. The number of rotatable bonds is 2. The van der Waals surface area contributed by atoms with Gasteiger partial charge in [0.1, 0.15) is 12.6 Å². The van der Waals surface area contributed by atoms with Gasteiger partial charge < -0.3 is 15.7 Å². The van der Waals surface area contributed by atoms with E-state index in [9.17, 15) is 14.4 Å². The highest BCUT2D eigenvalue weighted by Gasteiger charge is 2.35. The summed E-state index contributed by atoms with van der Waals surface area (Å²) >= 11 is 0. The van der Waals surface area contributed by atoms with Gasteiger partial charge in [0, 0.05) is 12.7 Å². The van der Waals surface area contributed by atoms with Crippen molar-refractivity contribution in [3.05, 3.63) is 24.0 Å². The fourth-order valence-corrected chi connectivity index (χ4v) is 1.88. The summed E-state index contributed by atoms with van der Waals surface area (Å²) in [7, 11) is 0. The first-order chi connectivity index (χ1) is 9.49. The second kappa shape index (κ2) is 5.55. The zero-order valence-electron chi connectivity index (χ0n) is 10.8. The molecule has 1 unspecified atom stereocenters. The average molecular weight is 278 g/mol. The minimum Gasteiger partial charge on any atom is -0.480 e. The molecule has 0 radical (unpaired) electrons. The van der Waals surface area contributed by atoms with Crippen LogP contribution in [-0.4, -0.2) is 52.0 Å². The molecule has 1 aliphatic rings. The average Bonchev–Trinajstić information content (AvgIpc) is 2.40. The number of nitrogens with one attached hydrogen (secondary N) is 2. The van der Waals surface area contributed by atoms with E-state index in [1.54, 1.807) is 25.3 Å². The minimum absolute atomic E-state index is 0.104. The van der Waals surface area contributed by atoms with Gasteiger partial charge in [0.05, 0.1) is 11.4 Å². The van der Waals surface area contributed by atoms with Crippen LogP contribution in [-0.2, 0) is 9.59 Å². The number of carbonyl (C=O) groups excluding carboxylic acids is 2. The highest BCUT2D eigenvalue weighted by atomic mass is 16.4. The van der Waals surface area contributed by atoms with Crippen molar-refractivity contribution in [3.63, 3.8) is 0 Å². The first kappa shape index (κ1) is 13.8. The summed E-state index contributed by atoms with van der Waals surface area (Å²) in [6, 6.07) is 1.59. The number of urea groups is 1. The molecule has 106 valence electrons. The SMILES string of the molecule is Cc1ncccc1NC(=O)N1CC(=O)NCC1C(=O)O. The zero-order valence-corrected chi connectivity index (χ0v) is 10.8. The predicted octanol–water partition coefficient (Wildman–Crippen LogP) is -0.193. The molecule has 8 nitrogen and oxygen atoms in total. The topological polar surface area (TPSA) is 112 Å². The highest BCUT2D eigenvalue weighted by Crippen LogP contribution is 2.13. The number of hydrogen-bond acceptors (Lipinski definition) is 4. The van der Waals surface area contributed by atoms with Crippen molar-refractivity contribution in [1.29, 1.82) is 0 Å². The maximum atomic E-state index is 12.1. The fraction of sp³-hybridized carbons (Fsp3) is 0.333. The standard InChI is InChI=1S/C12H14N4O4/c1-7-8(3-2-4-13-7)15-12(20)16-6-10(17)14-5-9(16)11(18)19/h2-4,9H,5-6H2,1H3,(H,14,17)(H,15,20)(H,18,19). The summed E-state index contributed by atoms with van der Waals surface area (Å²) in [5, 5.41) is 14.1. The van der Waals surface area contributed by atoms with E-state index in [1.165, 1.54) is 0 Å². The number of anilines is 1. The quantitative estimate of drug-likeness (QED) is 0.694. The molecular weight excluding hydrogens is 264 g/mol. The molecule has 20 heavy (non-hydrogen) atoms. The smallest absolute Gasteiger partial charge is 0.328 e. The fourth-order valence-electron chi connectivity index (χ4n) is 1.88. The van der Waals surface area contributed by atoms with Gasteiger partial charge in [0.25, 0.3) is 0 Å². The first-order valence-electron chi connectivity index (χ1n) is 5.98. The van der Waals surface area contributed by atoms with Crippen LogP contribution in [0.3, 0.4) is 0 Å². The number of pyridine rings is 1. The van der Waals surface area contributed by atoms with E-state index >= 15 is 0 Å². The van der Waals surface area contributed by atoms with E-state index in [0.29, 0.717) is 11.4 Å². The van der Waals surface area contributed by atoms with Gasteiger partial charge in [-0.25, -0.2) is 9.59 Å². The molecule has 2 heterocycles. The Morgan fingerprint density at radius 1 is 1.55 bits per heavy atom. The monoisotopic (exact) mass is 278 g/mol. The molecule has 8 heteroatoms. The number of amides is 3. The number of aromatic nitrogens is 1. The van der Waals surface area contributed by atoms with Gasteiger partial charge >= 0.3 is 12.0 Å². The van der Waals surface area contributed by atoms with Crippen LogP contribution >= 0.6 is 0 Å². The molecule has 1 aromatic rings. The summed E-state index contributed by atoms with van der Waals surface area (Å²) in [6.45, 7) is 1.32. The molecule has 0 spiro atoms. The lowest BCUT2D eigenvalue weighted by molar-refractivity contribution is -0.144. The van der Waals surface area contributed by atoms with Gasteiger partial charge in [-0.05, 0) is 19.1 Å². The van der Waals surface area contributed by atoms with Crippen molar-refractivity contribution in [3.8, 4) is 0 Å². The molecule has 0 aliphatic carbocycles. The van der Waals surface area contributed by atoms with E-state index in [4.69, 9.17) is 5.11 Å². The summed E-state index contributed by atoms with van der Waals surface area (Å²) in [4.78, 5) is 39.6. The molecule has 1 saturated heterocycles. The molecule has 0 aromatic carbocycles. The van der Waals surface area contributed by atoms with Crippen molar-refractivity contribution in [1.82, 2.24) is 15.2 Å². The van der Waals surface area contributed by atoms with Crippen molar-refractivity contribution in [2.75, 3.05) is 18.4 Å². The van der Waals surface area contributed by atoms with Crippen molar-refractivity contribution >= 4 is 23.6 Å². The Balaban J connectivity index is 2.15. The molecule has 1 fully saturated rings. The number of hydrogen-bond donors (Lipinski definition) is 3. The molecule has 0 saturated carbocycles. The largest absolute Gasteiger partial charge is 0.480 e. The summed E-state index contributed by atoms with van der Waals surface area (Å²) in [5.74, 6) is -1.55. The maximum absolute atomic E-state index is 12.1. The maximum Gasteiger partial charge on any atom is 0.328 e. The second-order valence-corrected chi connectivity index (χ2v) is 4.35. The van der Waals surface area contributed by atoms with Crippen LogP contribution in [0.4, 0.5) is 10.5 Å². The number of carboxylic acids is 1. The molecule has 1 atom stereocenters. The first-order valence-corrected chi connectivity index (χ1v) is 5.98. The predicted molar refractivity (Wildman–Crippen MR) is 69.1 cm³/mol. The summed E-state index contributed by atoms with van der Waals surface area (Å²) in [5.41, 5.74) is 1.09. The summed E-state index contributed by atoms with van der Waals surface area (Å²) in [6.07, 6.45) is 1.58. The number of carbonyl (C=O) groups is 3. The van der Waals surface area contributed by atoms with E-state index in [1.807, 2.05) is 0 Å². The van der Waals surface area contributed by atoms with E-state index in [2.05, 4.69) is 15.6 Å². The van der Waals surface area contributed by atoms with E-state index in [0.717, 1.165) is 4.90 Å². The van der Waals surface area contributed by atoms with Crippen molar-refractivity contribution in [2.45, 2.75) is 13.0 Å². The lowest BCUT2D eigenvalue weighted by Gasteiger charge is -2.32. The van der Waals surface area contributed by atoms with Gasteiger partial charge in [0.2, 0.25) is 5.91 Å². The lowest BCUT2D eigenvalue weighted by atomic mass is 10.2. The Morgan fingerprint density at radius 2 is 2.30 bits per heavy atom. The van der Waals surface area contributed by atoms with Crippen LogP contribution in [0.15, 0.2) is 18.3 Å². The molecule has 1 aliphatic heterocycles. The molecule has 1 aromatic heterocycles. The van der Waals surface area contributed by atoms with Crippen LogP contribution < -0.4 is 10.6 Å². The van der Waals surface area contributed by atoms with Gasteiger partial charge in [-0.3, -0.25) is 14.7 Å². The number of aliphatic carboxylic acids is 1. The lowest BCUT2D eigenvalue weighted by Crippen LogP contribution is -2.60. The van der Waals surface area contributed by atoms with Crippen LogP contribution in [0.1, 0.15) is 5.69 Å². The van der Waals surface area contributed by atoms with E-state index < -0.39 is 18.0 Å². The van der Waals surface area contributed by atoms with Gasteiger partial charge in [0.15, 0.2) is 0 Å². The minimum atomic E-state index is -1.16. The van der Waals surface area contributed by atoms with Gasteiger partial charge in [-0.2, -0.15) is 0 Å². The van der Waals surface area contributed by atoms with E-state index in [-0.39, 0.29) is 19.0 Å². The number of aryl methyl sites for hydroxylation is 1. The van der Waals surface area contributed by atoms with Gasteiger partial charge in [-0.1, -0.05) is 0 Å². The Labute approximate surface area is 114 Å². The second-order valence-electron chi connectivity index (χ2n) is 4.35. The Bertz CT molecular complexity index is 560. The van der Waals surface area contributed by atoms with Crippen LogP contribution in [0.25, 0.3) is 0 Å². The van der Waals surface area contributed by atoms with Crippen LogP contribution in [0.5, 0.6) is 0 Å². The normalized spacial score (nSPS) is 18.4. The summed E-state index contributed by atoms with van der Waals surface area (Å²) < 4.78 is 0. The molecular formula is C12H14N4O4. The number of carboxylic acid groups (broad SMARTS) is 1. The Hall–Kier alpha value is -2.64.